The zero-order valence-electron chi connectivity index (χ0n) is 26.9. The van der Waals surface area contributed by atoms with Gasteiger partial charge >= 0.3 is 0 Å². The molecule has 0 amide bonds. The van der Waals surface area contributed by atoms with Crippen molar-refractivity contribution in [2.45, 2.75) is 143 Å². The first-order valence-electron chi connectivity index (χ1n) is 14.9. The molecule has 39 heavy (non-hydrogen) atoms. The summed E-state index contributed by atoms with van der Waals surface area (Å²) in [5.74, 6) is 0.351. The monoisotopic (exact) mass is 530 g/mol. The molecule has 3 nitrogen and oxygen atoms in total. The summed E-state index contributed by atoms with van der Waals surface area (Å²) in [5.41, 5.74) is 6.87. The van der Waals surface area contributed by atoms with Crippen molar-refractivity contribution in [1.82, 2.24) is 0 Å². The average molecular weight is 531 g/mol. The number of phenols is 1. The van der Waals surface area contributed by atoms with Crippen LogP contribution in [0.15, 0.2) is 40.3 Å². The van der Waals surface area contributed by atoms with E-state index in [0.29, 0.717) is 5.75 Å². The van der Waals surface area contributed by atoms with Gasteiger partial charge in [-0.3, -0.25) is 9.98 Å². The number of nitrogens with zero attached hydrogens (tertiary/aromatic N) is 2. The van der Waals surface area contributed by atoms with E-state index >= 15 is 0 Å². The van der Waals surface area contributed by atoms with E-state index < -0.39 is 0 Å². The molecule has 2 atom stereocenters. The molecule has 2 aromatic rings. The van der Waals surface area contributed by atoms with E-state index in [1.165, 1.54) is 35.1 Å². The second-order valence-electron chi connectivity index (χ2n) is 15.8. The Morgan fingerprint density at radius 2 is 1.03 bits per heavy atom. The summed E-state index contributed by atoms with van der Waals surface area (Å²) < 4.78 is 0. The minimum atomic E-state index is -0.154. The van der Waals surface area contributed by atoms with Crippen LogP contribution in [-0.4, -0.2) is 29.6 Å². The van der Waals surface area contributed by atoms with Crippen LogP contribution in [0.25, 0.3) is 0 Å². The van der Waals surface area contributed by atoms with Gasteiger partial charge in [0.15, 0.2) is 0 Å². The largest absolute Gasteiger partial charge is 0.507 e. The second kappa shape index (κ2) is 11.2. The van der Waals surface area contributed by atoms with E-state index in [-0.39, 0.29) is 33.7 Å². The van der Waals surface area contributed by atoms with E-state index in [1.807, 2.05) is 6.21 Å². The van der Waals surface area contributed by atoms with E-state index in [4.69, 9.17) is 9.98 Å². The van der Waals surface area contributed by atoms with Gasteiger partial charge in [-0.2, -0.15) is 0 Å². The minimum absolute atomic E-state index is 0.0124. The molecule has 1 N–H and O–H groups in total. The highest BCUT2D eigenvalue weighted by Gasteiger charge is 2.27. The maximum Gasteiger partial charge on any atom is 0.128 e. The lowest BCUT2D eigenvalue weighted by atomic mass is 9.79. The van der Waals surface area contributed by atoms with Gasteiger partial charge in [-0.25, -0.2) is 0 Å². The lowest BCUT2D eigenvalue weighted by Gasteiger charge is -2.28. The minimum Gasteiger partial charge on any atom is -0.507 e. The highest BCUT2D eigenvalue weighted by molar-refractivity contribution is 5.85. The Bertz CT molecular complexity index is 1170. The van der Waals surface area contributed by atoms with Crippen molar-refractivity contribution in [2.75, 3.05) is 0 Å². The number of rotatable bonds is 4. The summed E-state index contributed by atoms with van der Waals surface area (Å²) in [6.07, 6.45) is 8.42. The third-order valence-electron chi connectivity index (χ3n) is 8.01. The summed E-state index contributed by atoms with van der Waals surface area (Å²) in [7, 11) is 0. The lowest BCUT2D eigenvalue weighted by Crippen LogP contribution is -2.27. The molecule has 2 aromatic carbocycles. The Kier molecular flexibility index (Phi) is 8.95. The van der Waals surface area contributed by atoms with Crippen LogP contribution < -0.4 is 0 Å². The summed E-state index contributed by atoms with van der Waals surface area (Å²) >= 11 is 0. The molecule has 0 aliphatic heterocycles. The van der Waals surface area contributed by atoms with Crippen LogP contribution in [0.1, 0.15) is 142 Å². The van der Waals surface area contributed by atoms with Gasteiger partial charge in [0.2, 0.25) is 0 Å². The van der Waals surface area contributed by atoms with Gasteiger partial charge in [-0.15, -0.1) is 0 Å². The number of hydrogen-bond donors (Lipinski definition) is 1. The van der Waals surface area contributed by atoms with Crippen molar-refractivity contribution in [1.29, 1.82) is 0 Å². The maximum atomic E-state index is 11.2. The Morgan fingerprint density at radius 1 is 0.590 bits per heavy atom. The van der Waals surface area contributed by atoms with E-state index in [2.05, 4.69) is 120 Å². The van der Waals surface area contributed by atoms with Crippen LogP contribution in [0.3, 0.4) is 0 Å². The molecule has 1 saturated carbocycles. The second-order valence-corrected chi connectivity index (χ2v) is 15.8. The predicted octanol–water partition coefficient (Wildman–Crippen LogP) is 9.43. The summed E-state index contributed by atoms with van der Waals surface area (Å²) in [6, 6.07) is 11.5. The molecule has 3 rings (SSSR count). The van der Waals surface area contributed by atoms with Gasteiger partial charge in [0.25, 0.3) is 0 Å². The third-order valence-corrected chi connectivity index (χ3v) is 8.01. The maximum absolute atomic E-state index is 11.2. The van der Waals surface area contributed by atoms with E-state index in [9.17, 15) is 5.11 Å². The van der Waals surface area contributed by atoms with Crippen molar-refractivity contribution in [3.8, 4) is 5.75 Å². The first-order chi connectivity index (χ1) is 17.8. The molecule has 0 bridgehead atoms. The molecule has 0 saturated heterocycles. The van der Waals surface area contributed by atoms with Crippen molar-refractivity contribution in [2.24, 2.45) is 9.98 Å². The smallest absolute Gasteiger partial charge is 0.128 e. The lowest BCUT2D eigenvalue weighted by molar-refractivity contribution is 0.390. The Hall–Kier alpha value is -2.42. The van der Waals surface area contributed by atoms with Crippen LogP contribution >= 0.6 is 0 Å². The van der Waals surface area contributed by atoms with E-state index in [1.54, 1.807) is 0 Å². The highest BCUT2D eigenvalue weighted by atomic mass is 16.3. The Labute approximate surface area is 239 Å². The molecular weight excluding hydrogens is 476 g/mol. The molecule has 1 fully saturated rings. The van der Waals surface area contributed by atoms with Crippen LogP contribution in [-0.2, 0) is 21.7 Å². The molecule has 1 aliphatic carbocycles. The first kappa shape index (κ1) is 31.1. The normalized spacial score (nSPS) is 19.8. The molecule has 214 valence electrons. The SMILES string of the molecule is CC(C)(C)c1cc(/C=N/[C@H]2CCCC[C@@H]2/N=C/c2cc(C(C)(C)C)cc(C(C)(C)C)c2O)cc(C(C)(C)C)c1. The van der Waals surface area contributed by atoms with Gasteiger partial charge < -0.3 is 5.11 Å². The average Bonchev–Trinajstić information content (AvgIpc) is 2.79. The topological polar surface area (TPSA) is 45.0 Å². The van der Waals surface area contributed by atoms with Crippen molar-refractivity contribution in [3.63, 3.8) is 0 Å². The van der Waals surface area contributed by atoms with Crippen LogP contribution in [0, 0.1) is 0 Å². The number of aliphatic imine (C=N–C) groups is 2. The summed E-state index contributed by atoms with van der Waals surface area (Å²) in [5, 5.41) is 11.2. The molecule has 0 spiro atoms. The van der Waals surface area contributed by atoms with Gasteiger partial charge in [-0.05, 0) is 75.0 Å². The van der Waals surface area contributed by atoms with Crippen LogP contribution in [0.2, 0.25) is 0 Å². The molecule has 0 aromatic heterocycles. The van der Waals surface area contributed by atoms with Crippen LogP contribution in [0.4, 0.5) is 0 Å². The zero-order chi connectivity index (χ0) is 29.4. The van der Waals surface area contributed by atoms with Crippen molar-refractivity contribution in [3.05, 3.63) is 63.7 Å². The number of phenolic OH excluding ortho intramolecular Hbond substituents is 1. The Balaban J connectivity index is 1.96. The van der Waals surface area contributed by atoms with Crippen LogP contribution in [0.5, 0.6) is 5.75 Å². The molecule has 0 heterocycles. The standard InChI is InChI=1S/C36H54N2O/c1-33(2,3)26-17-24(18-27(20-26)34(4,5)6)22-37-30-15-13-14-16-31(30)38-23-25-19-28(35(7,8)9)21-29(32(25)39)36(10,11)12/h17-23,30-31,39H,13-16H2,1-12H3/b37-22+,38-23+/t30-,31-/m0/s1. The van der Waals surface area contributed by atoms with E-state index in [0.717, 1.165) is 24.0 Å². The predicted molar refractivity (Wildman–Crippen MR) is 171 cm³/mol. The number of hydrogen-bond acceptors (Lipinski definition) is 3. The van der Waals surface area contributed by atoms with Gasteiger partial charge in [0, 0.05) is 23.6 Å². The molecule has 0 radical (unpaired) electrons. The fraction of sp³-hybridized carbons (Fsp3) is 0.611. The van der Waals surface area contributed by atoms with Gasteiger partial charge in [-0.1, -0.05) is 108 Å². The highest BCUT2D eigenvalue weighted by Crippen LogP contribution is 2.37. The fourth-order valence-electron chi connectivity index (χ4n) is 5.15. The zero-order valence-corrected chi connectivity index (χ0v) is 26.9. The third kappa shape index (κ3) is 8.05. The summed E-state index contributed by atoms with van der Waals surface area (Å²) in [4.78, 5) is 10.2. The summed E-state index contributed by atoms with van der Waals surface area (Å²) in [6.45, 7) is 26.8. The number of benzene rings is 2. The van der Waals surface area contributed by atoms with Gasteiger partial charge in [0.05, 0.1) is 12.1 Å². The van der Waals surface area contributed by atoms with Crippen molar-refractivity contribution < 1.29 is 5.11 Å². The van der Waals surface area contributed by atoms with Gasteiger partial charge in [0.1, 0.15) is 5.75 Å². The first-order valence-corrected chi connectivity index (χ1v) is 14.9. The number of aromatic hydroxyl groups is 1. The molecule has 0 unspecified atom stereocenters. The Morgan fingerprint density at radius 3 is 1.46 bits per heavy atom. The molecular formula is C36H54N2O. The molecule has 1 aliphatic rings. The fourth-order valence-corrected chi connectivity index (χ4v) is 5.15. The van der Waals surface area contributed by atoms with Crippen molar-refractivity contribution >= 4 is 12.4 Å². The molecule has 3 heteroatoms. The quantitative estimate of drug-likeness (QED) is 0.393.